The van der Waals surface area contributed by atoms with Crippen LogP contribution >= 0.6 is 0 Å². The van der Waals surface area contributed by atoms with Crippen LogP contribution in [-0.4, -0.2) is 35.2 Å². The van der Waals surface area contributed by atoms with Crippen LogP contribution in [0.2, 0.25) is 0 Å². The Labute approximate surface area is 156 Å². The van der Waals surface area contributed by atoms with E-state index < -0.39 is 10.0 Å². The summed E-state index contributed by atoms with van der Waals surface area (Å²) in [6.45, 7) is 4.46. The number of sulfonamides is 1. The predicted molar refractivity (Wildman–Crippen MR) is 105 cm³/mol. The second kappa shape index (κ2) is 8.10. The number of hydrogen-bond acceptors (Lipinski definition) is 4. The quantitative estimate of drug-likeness (QED) is 0.809. The highest BCUT2D eigenvalue weighted by Crippen LogP contribution is 2.22. The molecule has 0 spiro atoms. The van der Waals surface area contributed by atoms with E-state index in [0.717, 1.165) is 24.2 Å². The number of hydrogen-bond donors (Lipinski definition) is 1. The van der Waals surface area contributed by atoms with Gasteiger partial charge in [0.25, 0.3) is 0 Å². The molecule has 2 aromatic carbocycles. The van der Waals surface area contributed by atoms with Crippen LogP contribution in [0.5, 0.6) is 5.75 Å². The van der Waals surface area contributed by atoms with E-state index in [1.807, 2.05) is 6.92 Å². The largest absolute Gasteiger partial charge is 0.496 e. The third-order valence-corrected chi connectivity index (χ3v) is 6.25. The summed E-state index contributed by atoms with van der Waals surface area (Å²) < 4.78 is 32.7. The molecule has 0 atom stereocenters. The van der Waals surface area contributed by atoms with Gasteiger partial charge < -0.3 is 9.64 Å². The summed E-state index contributed by atoms with van der Waals surface area (Å²) >= 11 is 0. The maximum absolute atomic E-state index is 12.4. The Bertz CT molecular complexity index is 842. The number of nitrogens with one attached hydrogen (secondary N) is 1. The van der Waals surface area contributed by atoms with Crippen LogP contribution in [0, 0.1) is 6.92 Å². The van der Waals surface area contributed by atoms with Crippen molar-refractivity contribution in [2.75, 3.05) is 31.6 Å². The molecule has 26 heavy (non-hydrogen) atoms. The molecule has 0 saturated carbocycles. The minimum Gasteiger partial charge on any atom is -0.496 e. The molecule has 0 bridgehead atoms. The lowest BCUT2D eigenvalue weighted by Gasteiger charge is -2.17. The monoisotopic (exact) mass is 374 g/mol. The molecule has 0 aliphatic carbocycles. The highest BCUT2D eigenvalue weighted by atomic mass is 32.2. The zero-order valence-corrected chi connectivity index (χ0v) is 16.2. The van der Waals surface area contributed by atoms with Crippen LogP contribution in [-0.2, 0) is 16.4 Å². The smallest absolute Gasteiger partial charge is 0.240 e. The SMILES string of the molecule is COc1ccc(S(=O)(=O)NCCc2ccc(N3CCCC3)cc2)cc1C. The van der Waals surface area contributed by atoms with Crippen LogP contribution in [0.3, 0.4) is 0 Å². The molecule has 0 aromatic heterocycles. The van der Waals surface area contributed by atoms with Crippen molar-refractivity contribution in [3.05, 3.63) is 53.6 Å². The molecule has 0 unspecified atom stereocenters. The molecular weight excluding hydrogens is 348 g/mol. The van der Waals surface area contributed by atoms with Gasteiger partial charge in [0.15, 0.2) is 0 Å². The molecule has 5 nitrogen and oxygen atoms in total. The number of anilines is 1. The number of methoxy groups -OCH3 is 1. The van der Waals surface area contributed by atoms with Crippen LogP contribution in [0.15, 0.2) is 47.4 Å². The average Bonchev–Trinajstić information content (AvgIpc) is 3.17. The summed E-state index contributed by atoms with van der Waals surface area (Å²) in [4.78, 5) is 2.65. The lowest BCUT2D eigenvalue weighted by Crippen LogP contribution is -2.26. The Morgan fingerprint density at radius 3 is 2.38 bits per heavy atom. The van der Waals surface area contributed by atoms with Gasteiger partial charge in [-0.05, 0) is 67.6 Å². The van der Waals surface area contributed by atoms with E-state index >= 15 is 0 Å². The van der Waals surface area contributed by atoms with E-state index in [9.17, 15) is 8.42 Å². The Morgan fingerprint density at radius 2 is 1.77 bits per heavy atom. The van der Waals surface area contributed by atoms with Gasteiger partial charge in [0.1, 0.15) is 5.75 Å². The van der Waals surface area contributed by atoms with E-state index in [1.54, 1.807) is 25.3 Å². The molecule has 1 fully saturated rings. The van der Waals surface area contributed by atoms with Crippen molar-refractivity contribution in [2.45, 2.75) is 31.1 Å². The number of rotatable bonds is 7. The van der Waals surface area contributed by atoms with E-state index in [-0.39, 0.29) is 4.90 Å². The van der Waals surface area contributed by atoms with Crippen molar-refractivity contribution in [2.24, 2.45) is 0 Å². The number of aryl methyl sites for hydroxylation is 1. The van der Waals surface area contributed by atoms with E-state index in [2.05, 4.69) is 33.9 Å². The molecule has 6 heteroatoms. The van der Waals surface area contributed by atoms with Crippen LogP contribution in [0.1, 0.15) is 24.0 Å². The van der Waals surface area contributed by atoms with Gasteiger partial charge in [-0.3, -0.25) is 0 Å². The Hall–Kier alpha value is -2.05. The van der Waals surface area contributed by atoms with Gasteiger partial charge >= 0.3 is 0 Å². The predicted octanol–water partition coefficient (Wildman–Crippen LogP) is 3.12. The number of nitrogens with zero attached hydrogens (tertiary/aromatic N) is 1. The Kier molecular flexibility index (Phi) is 5.84. The van der Waals surface area contributed by atoms with Crippen LogP contribution in [0.25, 0.3) is 0 Å². The summed E-state index contributed by atoms with van der Waals surface area (Å²) in [7, 11) is -1.94. The molecule has 1 aliphatic rings. The van der Waals surface area contributed by atoms with Gasteiger partial charge in [0, 0.05) is 25.3 Å². The fourth-order valence-electron chi connectivity index (χ4n) is 3.28. The Morgan fingerprint density at radius 1 is 1.08 bits per heavy atom. The van der Waals surface area contributed by atoms with Gasteiger partial charge in [-0.1, -0.05) is 12.1 Å². The van der Waals surface area contributed by atoms with Gasteiger partial charge in [0.05, 0.1) is 12.0 Å². The second-order valence-corrected chi connectivity index (χ2v) is 8.41. The first-order chi connectivity index (χ1) is 12.5. The molecule has 0 amide bonds. The highest BCUT2D eigenvalue weighted by Gasteiger charge is 2.15. The highest BCUT2D eigenvalue weighted by molar-refractivity contribution is 7.89. The lowest BCUT2D eigenvalue weighted by atomic mass is 10.1. The molecule has 1 saturated heterocycles. The molecule has 1 N–H and O–H groups in total. The maximum Gasteiger partial charge on any atom is 0.240 e. The normalized spacial score (nSPS) is 14.6. The Balaban J connectivity index is 1.57. The van der Waals surface area contributed by atoms with Gasteiger partial charge in [-0.15, -0.1) is 0 Å². The van der Waals surface area contributed by atoms with Crippen molar-refractivity contribution in [3.63, 3.8) is 0 Å². The fourth-order valence-corrected chi connectivity index (χ4v) is 4.40. The fraction of sp³-hybridized carbons (Fsp3) is 0.400. The molecular formula is C20H26N2O3S. The molecule has 0 radical (unpaired) electrons. The summed E-state index contributed by atoms with van der Waals surface area (Å²) in [5.41, 5.74) is 3.18. The molecule has 3 rings (SSSR count). The van der Waals surface area contributed by atoms with E-state index in [1.165, 1.54) is 18.5 Å². The van der Waals surface area contributed by atoms with Crippen molar-refractivity contribution < 1.29 is 13.2 Å². The van der Waals surface area contributed by atoms with E-state index in [4.69, 9.17) is 4.74 Å². The molecule has 1 aliphatic heterocycles. The van der Waals surface area contributed by atoms with Crippen LogP contribution in [0.4, 0.5) is 5.69 Å². The first kappa shape index (κ1) is 18.7. The second-order valence-electron chi connectivity index (χ2n) is 6.64. The molecule has 140 valence electrons. The van der Waals surface area contributed by atoms with Crippen LogP contribution < -0.4 is 14.4 Å². The third kappa shape index (κ3) is 4.37. The summed E-state index contributed by atoms with van der Waals surface area (Å²) in [5.74, 6) is 0.682. The zero-order valence-electron chi connectivity index (χ0n) is 15.4. The van der Waals surface area contributed by atoms with Gasteiger partial charge in [0.2, 0.25) is 10.0 Å². The minimum atomic E-state index is -3.51. The standard InChI is InChI=1S/C20H26N2O3S/c1-16-15-19(9-10-20(16)25-2)26(23,24)21-12-11-17-5-7-18(8-6-17)22-13-3-4-14-22/h5-10,15,21H,3-4,11-14H2,1-2H3. The first-order valence-corrected chi connectivity index (χ1v) is 10.5. The van der Waals surface area contributed by atoms with Gasteiger partial charge in [-0.25, -0.2) is 13.1 Å². The number of benzene rings is 2. The molecule has 1 heterocycles. The van der Waals surface area contributed by atoms with Crippen molar-refractivity contribution in [3.8, 4) is 5.75 Å². The van der Waals surface area contributed by atoms with Gasteiger partial charge in [-0.2, -0.15) is 0 Å². The lowest BCUT2D eigenvalue weighted by molar-refractivity contribution is 0.411. The van der Waals surface area contributed by atoms with Crippen molar-refractivity contribution in [1.29, 1.82) is 0 Å². The zero-order chi connectivity index (χ0) is 18.6. The van der Waals surface area contributed by atoms with Crippen molar-refractivity contribution in [1.82, 2.24) is 4.72 Å². The minimum absolute atomic E-state index is 0.264. The summed E-state index contributed by atoms with van der Waals surface area (Å²) in [6, 6.07) is 13.3. The first-order valence-electron chi connectivity index (χ1n) is 8.98. The average molecular weight is 375 g/mol. The van der Waals surface area contributed by atoms with Crippen molar-refractivity contribution >= 4 is 15.7 Å². The summed E-state index contributed by atoms with van der Waals surface area (Å²) in [6.07, 6.45) is 3.18. The number of ether oxygens (including phenoxy) is 1. The topological polar surface area (TPSA) is 58.6 Å². The summed E-state index contributed by atoms with van der Waals surface area (Å²) in [5, 5.41) is 0. The third-order valence-electron chi connectivity index (χ3n) is 4.79. The molecule has 2 aromatic rings. The van der Waals surface area contributed by atoms with E-state index in [0.29, 0.717) is 18.7 Å². The maximum atomic E-state index is 12.4.